The fraction of sp³-hybridized carbons (Fsp3) is 0.500. The predicted molar refractivity (Wildman–Crippen MR) is 62.7 cm³/mol. The zero-order valence-corrected chi connectivity index (χ0v) is 10.2. The average molecular weight is 225 g/mol. The third kappa shape index (κ3) is 3.13. The number of nitrogens with one attached hydrogen (secondary N) is 1. The lowest BCUT2D eigenvalue weighted by molar-refractivity contribution is -0.118. The van der Waals surface area contributed by atoms with Crippen LogP contribution in [0.3, 0.4) is 0 Å². The van der Waals surface area contributed by atoms with E-state index in [1.807, 2.05) is 33.8 Å². The van der Waals surface area contributed by atoms with E-state index in [2.05, 4.69) is 15.5 Å². The van der Waals surface area contributed by atoms with E-state index in [4.69, 9.17) is 0 Å². The van der Waals surface area contributed by atoms with Gasteiger partial charge in [0.25, 0.3) is 0 Å². The highest BCUT2D eigenvalue weighted by Gasteiger charge is 2.11. The highest BCUT2D eigenvalue weighted by molar-refractivity contribution is 7.16. The van der Waals surface area contributed by atoms with E-state index in [9.17, 15) is 4.79 Å². The fourth-order valence-corrected chi connectivity index (χ4v) is 1.58. The van der Waals surface area contributed by atoms with Crippen molar-refractivity contribution in [2.24, 2.45) is 5.92 Å². The molecule has 1 rings (SSSR count). The minimum absolute atomic E-state index is 0.0316. The Morgan fingerprint density at radius 1 is 1.47 bits per heavy atom. The molecule has 0 saturated heterocycles. The van der Waals surface area contributed by atoms with Gasteiger partial charge in [-0.2, -0.15) is 0 Å². The first-order valence-corrected chi connectivity index (χ1v) is 5.64. The standard InChI is InChI=1S/C10H15N3OS/c1-5-7(4)9-12-13-10(15-9)11-8(14)6(2)3/h5-6H,1-4H3,(H,11,13,14)/b7-5+. The molecule has 0 bridgehead atoms. The maximum absolute atomic E-state index is 11.4. The van der Waals surface area contributed by atoms with E-state index in [1.54, 1.807) is 0 Å². The monoisotopic (exact) mass is 225 g/mol. The van der Waals surface area contributed by atoms with Crippen LogP contribution in [0.2, 0.25) is 0 Å². The van der Waals surface area contributed by atoms with Gasteiger partial charge in [0.2, 0.25) is 11.0 Å². The van der Waals surface area contributed by atoms with Crippen LogP contribution < -0.4 is 5.32 Å². The minimum atomic E-state index is -0.0415. The van der Waals surface area contributed by atoms with Crippen molar-refractivity contribution in [1.29, 1.82) is 0 Å². The summed E-state index contributed by atoms with van der Waals surface area (Å²) < 4.78 is 0. The topological polar surface area (TPSA) is 54.9 Å². The van der Waals surface area contributed by atoms with E-state index in [1.165, 1.54) is 11.3 Å². The van der Waals surface area contributed by atoms with Gasteiger partial charge < -0.3 is 5.32 Å². The molecule has 0 radical (unpaired) electrons. The molecule has 4 nitrogen and oxygen atoms in total. The molecule has 5 heteroatoms. The molecule has 1 aromatic rings. The third-order valence-electron chi connectivity index (χ3n) is 1.95. The second kappa shape index (κ2) is 5.02. The molecule has 0 aliphatic carbocycles. The molecular formula is C10H15N3OS. The predicted octanol–water partition coefficient (Wildman–Crippen LogP) is 2.56. The molecule has 15 heavy (non-hydrogen) atoms. The van der Waals surface area contributed by atoms with Crippen LogP contribution in [0.5, 0.6) is 0 Å². The van der Waals surface area contributed by atoms with E-state index in [0.29, 0.717) is 5.13 Å². The Kier molecular flexibility index (Phi) is 3.96. The first-order chi connectivity index (χ1) is 7.04. The molecule has 1 aromatic heterocycles. The summed E-state index contributed by atoms with van der Waals surface area (Å²) in [5, 5.41) is 12.0. The van der Waals surface area contributed by atoms with Crippen LogP contribution in [-0.4, -0.2) is 16.1 Å². The first-order valence-electron chi connectivity index (χ1n) is 4.82. The summed E-state index contributed by atoms with van der Waals surface area (Å²) in [6, 6.07) is 0. The summed E-state index contributed by atoms with van der Waals surface area (Å²) in [4.78, 5) is 11.4. The number of hydrogen-bond donors (Lipinski definition) is 1. The Morgan fingerprint density at radius 2 is 2.13 bits per heavy atom. The summed E-state index contributed by atoms with van der Waals surface area (Å²) in [5.41, 5.74) is 1.07. The van der Waals surface area contributed by atoms with Crippen LogP contribution in [0.25, 0.3) is 5.57 Å². The third-order valence-corrected chi connectivity index (χ3v) is 2.92. The SMILES string of the molecule is C/C=C(\C)c1nnc(NC(=O)C(C)C)s1. The number of carbonyl (C=O) groups excluding carboxylic acids is 1. The van der Waals surface area contributed by atoms with Crippen molar-refractivity contribution >= 4 is 27.9 Å². The number of nitrogens with zero attached hydrogens (tertiary/aromatic N) is 2. The highest BCUT2D eigenvalue weighted by atomic mass is 32.1. The van der Waals surface area contributed by atoms with Crippen LogP contribution in [0.4, 0.5) is 5.13 Å². The Hall–Kier alpha value is -1.23. The summed E-state index contributed by atoms with van der Waals surface area (Å²) in [5.74, 6) is -0.0732. The number of rotatable bonds is 3. The summed E-state index contributed by atoms with van der Waals surface area (Å²) in [7, 11) is 0. The number of anilines is 1. The lowest BCUT2D eigenvalue weighted by Crippen LogP contribution is -2.17. The molecule has 1 heterocycles. The van der Waals surface area contributed by atoms with Gasteiger partial charge >= 0.3 is 0 Å². The molecule has 82 valence electrons. The molecule has 0 atom stereocenters. The zero-order valence-electron chi connectivity index (χ0n) is 9.37. The number of aromatic nitrogens is 2. The van der Waals surface area contributed by atoms with E-state index in [0.717, 1.165) is 10.6 Å². The number of allylic oxidation sites excluding steroid dienone is 2. The molecule has 0 aliphatic heterocycles. The maximum Gasteiger partial charge on any atom is 0.228 e. The number of carbonyl (C=O) groups is 1. The Bertz CT molecular complexity index is 382. The summed E-state index contributed by atoms with van der Waals surface area (Å²) >= 11 is 1.39. The molecule has 1 N–H and O–H groups in total. The van der Waals surface area contributed by atoms with Gasteiger partial charge in [-0.15, -0.1) is 10.2 Å². The minimum Gasteiger partial charge on any atom is -0.300 e. The van der Waals surface area contributed by atoms with Gasteiger partial charge in [-0.05, 0) is 19.4 Å². The zero-order chi connectivity index (χ0) is 11.4. The van der Waals surface area contributed by atoms with E-state index in [-0.39, 0.29) is 11.8 Å². The van der Waals surface area contributed by atoms with Gasteiger partial charge in [-0.25, -0.2) is 0 Å². The van der Waals surface area contributed by atoms with Crippen molar-refractivity contribution in [1.82, 2.24) is 10.2 Å². The van der Waals surface area contributed by atoms with Gasteiger partial charge in [-0.1, -0.05) is 31.3 Å². The van der Waals surface area contributed by atoms with Gasteiger partial charge in [0.05, 0.1) is 0 Å². The molecule has 1 amide bonds. The molecular weight excluding hydrogens is 210 g/mol. The Balaban J connectivity index is 2.73. The fourth-order valence-electron chi connectivity index (χ4n) is 0.806. The molecule has 0 aromatic carbocycles. The molecule has 0 unspecified atom stereocenters. The first kappa shape index (κ1) is 11.8. The van der Waals surface area contributed by atoms with Crippen LogP contribution in [-0.2, 0) is 4.79 Å². The van der Waals surface area contributed by atoms with Crippen molar-refractivity contribution in [3.63, 3.8) is 0 Å². The summed E-state index contributed by atoms with van der Waals surface area (Å²) in [6.45, 7) is 7.60. The lowest BCUT2D eigenvalue weighted by atomic mass is 10.2. The normalized spacial score (nSPS) is 11.9. The lowest BCUT2D eigenvalue weighted by Gasteiger charge is -2.02. The maximum atomic E-state index is 11.4. The smallest absolute Gasteiger partial charge is 0.228 e. The number of amides is 1. The second-order valence-electron chi connectivity index (χ2n) is 3.53. The second-order valence-corrected chi connectivity index (χ2v) is 4.51. The van der Waals surface area contributed by atoms with Crippen molar-refractivity contribution < 1.29 is 4.79 Å². The Morgan fingerprint density at radius 3 is 2.67 bits per heavy atom. The average Bonchev–Trinajstić information content (AvgIpc) is 2.65. The van der Waals surface area contributed by atoms with Gasteiger partial charge in [-0.3, -0.25) is 4.79 Å². The van der Waals surface area contributed by atoms with Crippen molar-refractivity contribution in [2.45, 2.75) is 27.7 Å². The largest absolute Gasteiger partial charge is 0.300 e. The molecule has 0 fully saturated rings. The number of hydrogen-bond acceptors (Lipinski definition) is 4. The molecule has 0 aliphatic rings. The van der Waals surface area contributed by atoms with Gasteiger partial charge in [0, 0.05) is 5.92 Å². The molecule has 0 spiro atoms. The van der Waals surface area contributed by atoms with Crippen LogP contribution in [0.1, 0.15) is 32.7 Å². The van der Waals surface area contributed by atoms with Crippen molar-refractivity contribution in [3.8, 4) is 0 Å². The van der Waals surface area contributed by atoms with Crippen LogP contribution in [0, 0.1) is 5.92 Å². The van der Waals surface area contributed by atoms with Crippen molar-refractivity contribution in [2.75, 3.05) is 5.32 Å². The highest BCUT2D eigenvalue weighted by Crippen LogP contribution is 2.22. The Labute approximate surface area is 93.4 Å². The van der Waals surface area contributed by atoms with Gasteiger partial charge in [0.15, 0.2) is 0 Å². The van der Waals surface area contributed by atoms with Crippen LogP contribution in [0.15, 0.2) is 6.08 Å². The van der Waals surface area contributed by atoms with E-state index >= 15 is 0 Å². The van der Waals surface area contributed by atoms with E-state index < -0.39 is 0 Å². The van der Waals surface area contributed by atoms with Gasteiger partial charge in [0.1, 0.15) is 5.01 Å². The molecule has 0 saturated carbocycles. The van der Waals surface area contributed by atoms with Crippen LogP contribution >= 0.6 is 11.3 Å². The summed E-state index contributed by atoms with van der Waals surface area (Å²) in [6.07, 6.45) is 1.97. The quantitative estimate of drug-likeness (QED) is 0.860. The van der Waals surface area contributed by atoms with Crippen molar-refractivity contribution in [3.05, 3.63) is 11.1 Å².